The topological polar surface area (TPSA) is 129 Å². The Kier molecular flexibility index (Phi) is 6.49. The predicted molar refractivity (Wildman–Crippen MR) is 158 cm³/mol. The van der Waals surface area contributed by atoms with E-state index in [1.54, 1.807) is 24.3 Å². The van der Waals surface area contributed by atoms with Crippen LogP contribution in [0, 0.1) is 0 Å². The van der Waals surface area contributed by atoms with Crippen molar-refractivity contribution in [2.45, 2.75) is 48.0 Å². The van der Waals surface area contributed by atoms with E-state index in [4.69, 9.17) is 9.47 Å². The number of morpholine rings is 1. The van der Waals surface area contributed by atoms with E-state index in [1.807, 2.05) is 4.90 Å². The van der Waals surface area contributed by atoms with Crippen LogP contribution in [-0.2, 0) is 14.8 Å². The molecule has 4 atom stereocenters. The average molecular weight is 627 g/mol. The van der Waals surface area contributed by atoms with Gasteiger partial charge in [-0.1, -0.05) is 24.3 Å². The van der Waals surface area contributed by atoms with Gasteiger partial charge in [-0.15, -0.1) is 0 Å². The zero-order chi connectivity index (χ0) is 30.2. The van der Waals surface area contributed by atoms with E-state index in [1.165, 1.54) is 12.1 Å². The van der Waals surface area contributed by atoms with Gasteiger partial charge in [-0.05, 0) is 42.3 Å². The van der Waals surface area contributed by atoms with Gasteiger partial charge in [-0.3, -0.25) is 9.62 Å². The number of alkyl halides is 1. The minimum absolute atomic E-state index is 0.0443. The number of anilines is 1. The van der Waals surface area contributed by atoms with Crippen molar-refractivity contribution in [2.75, 3.05) is 50.9 Å². The molecule has 0 aliphatic carbocycles. The number of aromatic hydroxyl groups is 1. The Balaban J connectivity index is 1.30. The summed E-state index contributed by atoms with van der Waals surface area (Å²) >= 11 is 0. The first-order valence-corrected chi connectivity index (χ1v) is 16.4. The standard InChI is InChI=1S/C30H32F2N6O5S/c31-18-10-30(6-3-7-37(30)13-18)16-43-29-34-26-24(32)25(23-9-21(39)8-17-4-1-2-5-22(17)23)36-44(40,41)27(26)28(35-29)38-19-11-33-12-20(38)15-42-14-19/h1-2,4-5,8-9,18-20,33,36,39H,3,6-7,10-16H2/t18-,19?,20?,30+/m1/s1. The van der Waals surface area contributed by atoms with Crippen LogP contribution in [0.15, 0.2) is 41.3 Å². The summed E-state index contributed by atoms with van der Waals surface area (Å²) in [6.07, 6.45) is 1.03. The highest BCUT2D eigenvalue weighted by atomic mass is 32.2. The van der Waals surface area contributed by atoms with Crippen LogP contribution in [0.5, 0.6) is 11.8 Å². The van der Waals surface area contributed by atoms with Crippen molar-refractivity contribution in [1.82, 2.24) is 24.9 Å². The maximum Gasteiger partial charge on any atom is 0.319 e. The van der Waals surface area contributed by atoms with Crippen LogP contribution < -0.4 is 19.7 Å². The first-order valence-electron chi connectivity index (χ1n) is 14.9. The number of ether oxygens (including phenoxy) is 2. The second-order valence-corrected chi connectivity index (χ2v) is 13.9. The van der Waals surface area contributed by atoms with Crippen molar-refractivity contribution < 1.29 is 31.8 Å². The van der Waals surface area contributed by atoms with E-state index in [0.29, 0.717) is 50.0 Å². The third-order valence-corrected chi connectivity index (χ3v) is 10.9. The summed E-state index contributed by atoms with van der Waals surface area (Å²) in [7, 11) is -4.41. The fourth-order valence-corrected chi connectivity index (χ4v) is 8.95. The second-order valence-electron chi connectivity index (χ2n) is 12.3. The number of piperazine rings is 1. The summed E-state index contributed by atoms with van der Waals surface area (Å²) < 4.78 is 73.7. The van der Waals surface area contributed by atoms with Gasteiger partial charge in [0.05, 0.1) is 36.5 Å². The van der Waals surface area contributed by atoms with Crippen molar-refractivity contribution in [1.29, 1.82) is 0 Å². The number of rotatable bonds is 5. The van der Waals surface area contributed by atoms with Gasteiger partial charge >= 0.3 is 6.01 Å². The molecule has 5 aliphatic heterocycles. The molecule has 3 aromatic rings. The molecule has 0 spiro atoms. The smallest absolute Gasteiger partial charge is 0.319 e. The van der Waals surface area contributed by atoms with Crippen molar-refractivity contribution in [3.8, 4) is 11.8 Å². The highest BCUT2D eigenvalue weighted by Gasteiger charge is 2.50. The fourth-order valence-electron chi connectivity index (χ4n) is 7.60. The number of aromatic nitrogens is 2. The maximum absolute atomic E-state index is 16.8. The Morgan fingerprint density at radius 3 is 2.77 bits per heavy atom. The molecule has 11 nitrogen and oxygen atoms in total. The molecule has 2 bridgehead atoms. The summed E-state index contributed by atoms with van der Waals surface area (Å²) in [4.78, 5) is 12.6. The third-order valence-electron chi connectivity index (χ3n) is 9.52. The van der Waals surface area contributed by atoms with Crippen LogP contribution in [-0.4, -0.2) is 98.2 Å². The van der Waals surface area contributed by atoms with Crippen molar-refractivity contribution in [3.05, 3.63) is 47.7 Å². The van der Waals surface area contributed by atoms with Crippen molar-refractivity contribution in [2.24, 2.45) is 0 Å². The number of phenols is 1. The van der Waals surface area contributed by atoms with Gasteiger partial charge in [-0.2, -0.15) is 9.97 Å². The van der Waals surface area contributed by atoms with Gasteiger partial charge in [0.2, 0.25) is 0 Å². The highest BCUT2D eigenvalue weighted by molar-refractivity contribution is 7.90. The molecule has 8 rings (SSSR count). The minimum Gasteiger partial charge on any atom is -0.508 e. The molecule has 5 aliphatic rings. The van der Waals surface area contributed by atoms with E-state index in [-0.39, 0.29) is 52.4 Å². The third kappa shape index (κ3) is 4.41. The summed E-state index contributed by atoms with van der Waals surface area (Å²) in [5.74, 6) is -1.02. The Morgan fingerprint density at radius 1 is 1.16 bits per heavy atom. The van der Waals surface area contributed by atoms with E-state index in [2.05, 4.69) is 24.9 Å². The monoisotopic (exact) mass is 626 g/mol. The molecule has 2 unspecified atom stereocenters. The first-order chi connectivity index (χ1) is 21.2. The molecule has 1 aromatic heterocycles. The number of phenolic OH excluding ortho intramolecular Hbond substituents is 1. The van der Waals surface area contributed by atoms with E-state index >= 15 is 4.39 Å². The number of nitrogens with one attached hydrogen (secondary N) is 2. The molecule has 44 heavy (non-hydrogen) atoms. The van der Waals surface area contributed by atoms with Crippen molar-refractivity contribution >= 4 is 38.1 Å². The lowest BCUT2D eigenvalue weighted by Crippen LogP contribution is -2.64. The molecule has 0 saturated carbocycles. The molecule has 3 N–H and O–H groups in total. The Bertz CT molecular complexity index is 1790. The zero-order valence-corrected chi connectivity index (χ0v) is 24.6. The number of hydrogen-bond acceptors (Lipinski definition) is 10. The number of nitrogens with zero attached hydrogens (tertiary/aromatic N) is 4. The lowest BCUT2D eigenvalue weighted by molar-refractivity contribution is 0.0516. The second kappa shape index (κ2) is 10.2. The molecule has 0 radical (unpaired) electrons. The van der Waals surface area contributed by atoms with Crippen LogP contribution in [0.4, 0.5) is 14.6 Å². The minimum atomic E-state index is -4.41. The molecule has 0 amide bonds. The Labute approximate surface area is 252 Å². The van der Waals surface area contributed by atoms with Crippen LogP contribution >= 0.6 is 0 Å². The van der Waals surface area contributed by atoms with Crippen LogP contribution in [0.2, 0.25) is 0 Å². The number of hydrogen-bond donors (Lipinski definition) is 3. The molecular weight excluding hydrogens is 594 g/mol. The van der Waals surface area contributed by atoms with Crippen molar-refractivity contribution in [3.63, 3.8) is 0 Å². The molecule has 14 heteroatoms. The maximum atomic E-state index is 16.8. The quantitative estimate of drug-likeness (QED) is 0.389. The average Bonchev–Trinajstić information content (AvgIpc) is 3.52. The number of fused-ring (bicyclic) bond motifs is 5. The largest absolute Gasteiger partial charge is 0.508 e. The SMILES string of the molecule is O=S1(=O)NC(c2cc(O)cc3ccccc23)=C(F)c2nc(OC[C@@]34CCCN3C[C@H](F)C4)nc(N3C4CNCC3COC4)c21. The normalized spacial score (nSPS) is 29.4. The van der Waals surface area contributed by atoms with Crippen LogP contribution in [0.1, 0.15) is 30.5 Å². The number of benzene rings is 2. The van der Waals surface area contributed by atoms with Gasteiger partial charge in [0.1, 0.15) is 24.2 Å². The lowest BCUT2D eigenvalue weighted by Gasteiger charge is -2.47. The van der Waals surface area contributed by atoms with Gasteiger partial charge in [0.15, 0.2) is 16.5 Å². The number of sulfonamides is 1. The Morgan fingerprint density at radius 2 is 1.95 bits per heavy atom. The molecule has 2 aromatic carbocycles. The van der Waals surface area contributed by atoms with E-state index in [0.717, 1.165) is 19.4 Å². The molecular formula is C30H32F2N6O5S. The predicted octanol–water partition coefficient (Wildman–Crippen LogP) is 2.55. The summed E-state index contributed by atoms with van der Waals surface area (Å²) in [6.45, 7) is 2.92. The first kappa shape index (κ1) is 27.9. The molecule has 6 heterocycles. The van der Waals surface area contributed by atoms with E-state index in [9.17, 15) is 17.9 Å². The molecule has 232 valence electrons. The van der Waals surface area contributed by atoms with Gasteiger partial charge in [-0.25, -0.2) is 17.2 Å². The fraction of sp³-hybridized carbons (Fsp3) is 0.467. The zero-order valence-electron chi connectivity index (χ0n) is 23.8. The summed E-state index contributed by atoms with van der Waals surface area (Å²) in [6, 6.07) is 9.17. The van der Waals surface area contributed by atoms with E-state index < -0.39 is 33.3 Å². The number of halogens is 2. The van der Waals surface area contributed by atoms with Crippen LogP contribution in [0.3, 0.4) is 0 Å². The lowest BCUT2D eigenvalue weighted by atomic mass is 9.95. The Hall–Kier alpha value is -3.59. The molecule has 4 fully saturated rings. The summed E-state index contributed by atoms with van der Waals surface area (Å²) in [5.41, 5.74) is -1.09. The van der Waals surface area contributed by atoms with Gasteiger partial charge in [0, 0.05) is 31.6 Å². The van der Waals surface area contributed by atoms with Crippen LogP contribution in [0.25, 0.3) is 22.3 Å². The highest BCUT2D eigenvalue weighted by Crippen LogP contribution is 2.44. The van der Waals surface area contributed by atoms with Gasteiger partial charge in [0.25, 0.3) is 10.0 Å². The molecule has 4 saturated heterocycles. The summed E-state index contributed by atoms with van der Waals surface area (Å²) in [5, 5.41) is 14.9. The van der Waals surface area contributed by atoms with Gasteiger partial charge < -0.3 is 24.8 Å².